The van der Waals surface area contributed by atoms with Crippen LogP contribution >= 0.6 is 11.6 Å². The van der Waals surface area contributed by atoms with Gasteiger partial charge < -0.3 is 14.5 Å². The average molecular weight is 349 g/mol. The topological polar surface area (TPSA) is 83.6 Å². The summed E-state index contributed by atoms with van der Waals surface area (Å²) < 4.78 is 5.25. The summed E-state index contributed by atoms with van der Waals surface area (Å²) in [5.41, 5.74) is 0.870. The summed E-state index contributed by atoms with van der Waals surface area (Å²) >= 11 is 6.12. The van der Waals surface area contributed by atoms with E-state index in [0.29, 0.717) is 35.9 Å². The molecule has 2 aromatic rings. The highest BCUT2D eigenvalue weighted by Crippen LogP contribution is 2.29. The minimum atomic E-state index is -0.808. The minimum Gasteiger partial charge on any atom is -0.481 e. The Kier molecular flexibility index (Phi) is 4.57. The molecule has 1 aromatic carbocycles. The number of carboxylic acids is 1. The number of hydrogen-bond acceptors (Lipinski definition) is 4. The molecule has 2 heterocycles. The predicted octanol–water partition coefficient (Wildman–Crippen LogP) is 3.18. The maximum absolute atomic E-state index is 12.6. The van der Waals surface area contributed by atoms with E-state index in [0.717, 1.165) is 0 Å². The van der Waals surface area contributed by atoms with E-state index in [9.17, 15) is 9.59 Å². The van der Waals surface area contributed by atoms with Gasteiger partial charge in [0.15, 0.2) is 11.5 Å². The lowest BCUT2D eigenvalue weighted by molar-refractivity contribution is -0.145. The molecule has 0 aliphatic carbocycles. The molecule has 7 heteroatoms. The number of rotatable bonds is 3. The number of aromatic nitrogens is 1. The molecule has 126 valence electrons. The zero-order valence-electron chi connectivity index (χ0n) is 13.1. The summed E-state index contributed by atoms with van der Waals surface area (Å²) in [4.78, 5) is 25.4. The molecule has 0 saturated carbocycles. The molecule has 2 atom stereocenters. The zero-order valence-corrected chi connectivity index (χ0v) is 13.9. The summed E-state index contributed by atoms with van der Waals surface area (Å²) in [6.45, 7) is 2.63. The number of piperidine rings is 1. The van der Waals surface area contributed by atoms with Crippen molar-refractivity contribution in [1.82, 2.24) is 10.1 Å². The molecule has 0 bridgehead atoms. The van der Waals surface area contributed by atoms with Crippen LogP contribution in [0.3, 0.4) is 0 Å². The van der Waals surface area contributed by atoms with Crippen molar-refractivity contribution in [1.29, 1.82) is 0 Å². The molecule has 1 aliphatic heterocycles. The first-order valence-electron chi connectivity index (χ1n) is 7.71. The van der Waals surface area contributed by atoms with E-state index in [1.807, 2.05) is 19.1 Å². The van der Waals surface area contributed by atoms with Crippen LogP contribution in [0.4, 0.5) is 0 Å². The summed E-state index contributed by atoms with van der Waals surface area (Å²) in [5, 5.41) is 13.5. The molecule has 2 unspecified atom stereocenters. The molecule has 1 aromatic heterocycles. The molecule has 1 aliphatic rings. The van der Waals surface area contributed by atoms with Crippen LogP contribution in [-0.4, -0.2) is 40.1 Å². The third-order valence-electron chi connectivity index (χ3n) is 4.38. The van der Waals surface area contributed by atoms with E-state index in [-0.39, 0.29) is 17.5 Å². The summed E-state index contributed by atoms with van der Waals surface area (Å²) in [5.74, 6) is -1.15. The number of benzene rings is 1. The van der Waals surface area contributed by atoms with Crippen molar-refractivity contribution in [3.05, 3.63) is 41.0 Å². The van der Waals surface area contributed by atoms with Gasteiger partial charge in [-0.2, -0.15) is 0 Å². The minimum absolute atomic E-state index is 0.102. The Labute approximate surface area is 144 Å². The van der Waals surface area contributed by atoms with Gasteiger partial charge in [0.2, 0.25) is 0 Å². The van der Waals surface area contributed by atoms with Gasteiger partial charge in [0.05, 0.1) is 10.9 Å². The van der Waals surface area contributed by atoms with Crippen molar-refractivity contribution in [2.45, 2.75) is 13.3 Å². The van der Waals surface area contributed by atoms with Crippen LogP contribution in [0.15, 0.2) is 34.9 Å². The molecule has 1 amide bonds. The number of nitrogens with zero attached hydrogens (tertiary/aromatic N) is 2. The van der Waals surface area contributed by atoms with Crippen LogP contribution in [0.5, 0.6) is 0 Å². The van der Waals surface area contributed by atoms with Crippen LogP contribution in [0.25, 0.3) is 11.3 Å². The molecule has 0 radical (unpaired) electrons. The van der Waals surface area contributed by atoms with Crippen LogP contribution in [0.2, 0.25) is 5.02 Å². The van der Waals surface area contributed by atoms with Gasteiger partial charge >= 0.3 is 5.97 Å². The maximum Gasteiger partial charge on any atom is 0.306 e. The lowest BCUT2D eigenvalue weighted by Gasteiger charge is -2.34. The molecular formula is C17H17ClN2O4. The summed E-state index contributed by atoms with van der Waals surface area (Å²) in [7, 11) is 0. The van der Waals surface area contributed by atoms with Gasteiger partial charge in [-0.1, -0.05) is 35.8 Å². The van der Waals surface area contributed by atoms with Crippen LogP contribution in [0, 0.1) is 11.8 Å². The molecular weight excluding hydrogens is 332 g/mol. The maximum atomic E-state index is 12.6. The standard InChI is InChI=1S/C17H17ClN2O4/c1-10-9-20(7-6-11(10)17(22)23)16(21)14-8-15(24-19-14)12-4-2-3-5-13(12)18/h2-5,8,10-11H,6-7,9H2,1H3,(H,22,23). The van der Waals surface area contributed by atoms with E-state index >= 15 is 0 Å². The SMILES string of the molecule is CC1CN(C(=O)c2cc(-c3ccccc3Cl)on2)CCC1C(=O)O. The normalized spacial score (nSPS) is 20.8. The van der Waals surface area contributed by atoms with Gasteiger partial charge in [-0.25, -0.2) is 0 Å². The lowest BCUT2D eigenvalue weighted by atomic mass is 9.87. The van der Waals surface area contributed by atoms with Gasteiger partial charge in [-0.3, -0.25) is 9.59 Å². The van der Waals surface area contributed by atoms with Crippen LogP contribution in [-0.2, 0) is 4.79 Å². The molecule has 24 heavy (non-hydrogen) atoms. The van der Waals surface area contributed by atoms with Crippen LogP contribution < -0.4 is 0 Å². The fraction of sp³-hybridized carbons (Fsp3) is 0.353. The van der Waals surface area contributed by atoms with Crippen molar-refractivity contribution in [2.24, 2.45) is 11.8 Å². The summed E-state index contributed by atoms with van der Waals surface area (Å²) in [6.07, 6.45) is 0.442. The fourth-order valence-corrected chi connectivity index (χ4v) is 3.25. The highest BCUT2D eigenvalue weighted by molar-refractivity contribution is 6.33. The molecule has 1 saturated heterocycles. The highest BCUT2D eigenvalue weighted by Gasteiger charge is 2.34. The number of carbonyl (C=O) groups excluding carboxylic acids is 1. The number of amides is 1. The van der Waals surface area contributed by atoms with Crippen molar-refractivity contribution >= 4 is 23.5 Å². The first-order chi connectivity index (χ1) is 11.5. The van der Waals surface area contributed by atoms with E-state index in [1.165, 1.54) is 0 Å². The quantitative estimate of drug-likeness (QED) is 0.921. The van der Waals surface area contributed by atoms with E-state index < -0.39 is 11.9 Å². The summed E-state index contributed by atoms with van der Waals surface area (Å²) in [6, 6.07) is 8.72. The van der Waals surface area contributed by atoms with Crippen molar-refractivity contribution in [3.8, 4) is 11.3 Å². The number of likely N-dealkylation sites (tertiary alicyclic amines) is 1. The molecule has 0 spiro atoms. The van der Waals surface area contributed by atoms with E-state index in [2.05, 4.69) is 5.16 Å². The highest BCUT2D eigenvalue weighted by atomic mass is 35.5. The Morgan fingerprint density at radius 3 is 2.79 bits per heavy atom. The Hall–Kier alpha value is -2.34. The third kappa shape index (κ3) is 3.14. The van der Waals surface area contributed by atoms with Crippen molar-refractivity contribution in [2.75, 3.05) is 13.1 Å². The number of aliphatic carboxylic acids is 1. The van der Waals surface area contributed by atoms with E-state index in [4.69, 9.17) is 21.2 Å². The van der Waals surface area contributed by atoms with Crippen molar-refractivity contribution < 1.29 is 19.2 Å². The van der Waals surface area contributed by atoms with Gasteiger partial charge in [0.1, 0.15) is 0 Å². The van der Waals surface area contributed by atoms with E-state index in [1.54, 1.807) is 23.1 Å². The fourth-order valence-electron chi connectivity index (χ4n) is 3.02. The second kappa shape index (κ2) is 6.65. The number of hydrogen-bond donors (Lipinski definition) is 1. The smallest absolute Gasteiger partial charge is 0.306 e. The van der Waals surface area contributed by atoms with Gasteiger partial charge in [-0.15, -0.1) is 0 Å². The van der Waals surface area contributed by atoms with Crippen LogP contribution in [0.1, 0.15) is 23.8 Å². The number of carboxylic acid groups (broad SMARTS) is 1. The monoisotopic (exact) mass is 348 g/mol. The number of halogens is 1. The Balaban J connectivity index is 1.75. The zero-order chi connectivity index (χ0) is 17.3. The van der Waals surface area contributed by atoms with Crippen molar-refractivity contribution in [3.63, 3.8) is 0 Å². The second-order valence-electron chi connectivity index (χ2n) is 6.02. The number of carbonyl (C=O) groups is 2. The lowest BCUT2D eigenvalue weighted by Crippen LogP contribution is -2.45. The Morgan fingerprint density at radius 2 is 2.12 bits per heavy atom. The van der Waals surface area contributed by atoms with Gasteiger partial charge in [-0.05, 0) is 24.5 Å². The largest absolute Gasteiger partial charge is 0.481 e. The Morgan fingerprint density at radius 1 is 1.38 bits per heavy atom. The first-order valence-corrected chi connectivity index (χ1v) is 8.09. The molecule has 6 nitrogen and oxygen atoms in total. The molecule has 3 rings (SSSR count). The molecule has 1 N–H and O–H groups in total. The molecule has 1 fully saturated rings. The van der Waals surface area contributed by atoms with Gasteiger partial charge in [0, 0.05) is 24.7 Å². The van der Waals surface area contributed by atoms with Gasteiger partial charge in [0.25, 0.3) is 5.91 Å². The Bertz CT molecular complexity index is 773. The average Bonchev–Trinajstić information content (AvgIpc) is 3.03. The third-order valence-corrected chi connectivity index (χ3v) is 4.71. The first kappa shape index (κ1) is 16.5. The second-order valence-corrected chi connectivity index (χ2v) is 6.43. The predicted molar refractivity (Wildman–Crippen MR) is 87.8 cm³/mol.